The lowest BCUT2D eigenvalue weighted by molar-refractivity contribution is 0.288. The smallest absolute Gasteiger partial charge is 0.161 e. The van der Waals surface area contributed by atoms with Crippen LogP contribution in [0.25, 0.3) is 11.4 Å². The van der Waals surface area contributed by atoms with E-state index in [4.69, 9.17) is 9.47 Å². The minimum Gasteiger partial charge on any atom is -0.490 e. The Kier molecular flexibility index (Phi) is 3.87. The molecular formula is C14H18N2O2. The van der Waals surface area contributed by atoms with Crippen LogP contribution in [0.5, 0.6) is 11.5 Å². The van der Waals surface area contributed by atoms with Gasteiger partial charge in [0.25, 0.3) is 0 Å². The Morgan fingerprint density at radius 3 is 2.44 bits per heavy atom. The maximum Gasteiger partial charge on any atom is 0.161 e. The molecular weight excluding hydrogens is 228 g/mol. The highest BCUT2D eigenvalue weighted by molar-refractivity contribution is 5.61. The van der Waals surface area contributed by atoms with Crippen LogP contribution in [-0.4, -0.2) is 22.8 Å². The lowest BCUT2D eigenvalue weighted by Gasteiger charge is -2.12. The lowest BCUT2D eigenvalue weighted by Crippen LogP contribution is -1.99. The summed E-state index contributed by atoms with van der Waals surface area (Å²) in [7, 11) is 1.97. The maximum atomic E-state index is 5.61. The molecule has 0 radical (unpaired) electrons. The lowest BCUT2D eigenvalue weighted by atomic mass is 10.2. The van der Waals surface area contributed by atoms with Gasteiger partial charge in [0.1, 0.15) is 5.82 Å². The van der Waals surface area contributed by atoms with Crippen LogP contribution in [0.4, 0.5) is 0 Å². The first kappa shape index (κ1) is 12.5. The molecule has 0 saturated carbocycles. The monoisotopic (exact) mass is 246 g/mol. The number of aromatic nitrogens is 2. The zero-order valence-corrected chi connectivity index (χ0v) is 11.0. The first-order valence-corrected chi connectivity index (χ1v) is 6.13. The molecule has 0 bridgehead atoms. The van der Waals surface area contributed by atoms with Gasteiger partial charge >= 0.3 is 0 Å². The molecule has 18 heavy (non-hydrogen) atoms. The van der Waals surface area contributed by atoms with Crippen molar-refractivity contribution in [2.75, 3.05) is 13.2 Å². The summed E-state index contributed by atoms with van der Waals surface area (Å²) in [5.74, 6) is 2.45. The Labute approximate surface area is 107 Å². The summed E-state index contributed by atoms with van der Waals surface area (Å²) < 4.78 is 13.1. The summed E-state index contributed by atoms with van der Waals surface area (Å²) in [6, 6.07) is 5.89. The van der Waals surface area contributed by atoms with E-state index in [1.807, 2.05) is 49.9 Å². The van der Waals surface area contributed by atoms with Crippen molar-refractivity contribution in [3.05, 3.63) is 30.6 Å². The molecule has 0 aliphatic rings. The normalized spacial score (nSPS) is 10.4. The first-order valence-electron chi connectivity index (χ1n) is 6.13. The van der Waals surface area contributed by atoms with Crippen molar-refractivity contribution in [3.8, 4) is 22.9 Å². The van der Waals surface area contributed by atoms with Gasteiger partial charge in [-0.05, 0) is 32.0 Å². The summed E-state index contributed by atoms with van der Waals surface area (Å²) in [5, 5.41) is 0. The van der Waals surface area contributed by atoms with Crippen LogP contribution in [0.3, 0.4) is 0 Å². The molecule has 1 heterocycles. The SMILES string of the molecule is CCOc1ccc(-c2nccn2C)cc1OCC. The quantitative estimate of drug-likeness (QED) is 0.814. The van der Waals surface area contributed by atoms with Crippen LogP contribution in [0.1, 0.15) is 13.8 Å². The highest BCUT2D eigenvalue weighted by Gasteiger charge is 2.09. The van der Waals surface area contributed by atoms with Crippen molar-refractivity contribution in [2.24, 2.45) is 7.05 Å². The van der Waals surface area contributed by atoms with Crippen molar-refractivity contribution in [2.45, 2.75) is 13.8 Å². The minimum absolute atomic E-state index is 0.615. The van der Waals surface area contributed by atoms with Crippen LogP contribution in [0.2, 0.25) is 0 Å². The number of nitrogens with zero attached hydrogens (tertiary/aromatic N) is 2. The van der Waals surface area contributed by atoms with Crippen molar-refractivity contribution >= 4 is 0 Å². The molecule has 4 heteroatoms. The first-order chi connectivity index (χ1) is 8.76. The number of hydrogen-bond donors (Lipinski definition) is 0. The summed E-state index contributed by atoms with van der Waals surface area (Å²) in [6.45, 7) is 5.16. The van der Waals surface area contributed by atoms with Gasteiger partial charge < -0.3 is 14.0 Å². The van der Waals surface area contributed by atoms with Crippen molar-refractivity contribution in [3.63, 3.8) is 0 Å². The number of rotatable bonds is 5. The van der Waals surface area contributed by atoms with Gasteiger partial charge in [-0.2, -0.15) is 0 Å². The summed E-state index contributed by atoms with van der Waals surface area (Å²) in [6.07, 6.45) is 3.71. The van der Waals surface area contributed by atoms with Gasteiger partial charge in [0.15, 0.2) is 11.5 Å². The Bertz CT molecular complexity index is 520. The Hall–Kier alpha value is -1.97. The molecule has 96 valence electrons. The molecule has 4 nitrogen and oxygen atoms in total. The van der Waals surface area contributed by atoms with Crippen LogP contribution < -0.4 is 9.47 Å². The molecule has 0 spiro atoms. The summed E-state index contributed by atoms with van der Waals surface area (Å²) >= 11 is 0. The van der Waals surface area contributed by atoms with Gasteiger partial charge in [0.2, 0.25) is 0 Å². The molecule has 1 aromatic carbocycles. The number of aryl methyl sites for hydroxylation is 1. The standard InChI is InChI=1S/C14H18N2O2/c1-4-17-12-7-6-11(10-13(12)18-5-2)14-15-8-9-16(14)3/h6-10H,4-5H2,1-3H3. The molecule has 0 aliphatic heterocycles. The zero-order chi connectivity index (χ0) is 13.0. The number of hydrogen-bond acceptors (Lipinski definition) is 3. The molecule has 0 N–H and O–H groups in total. The van der Waals surface area contributed by atoms with Gasteiger partial charge in [0, 0.05) is 25.0 Å². The zero-order valence-electron chi connectivity index (χ0n) is 11.0. The van der Waals surface area contributed by atoms with Crippen molar-refractivity contribution in [1.29, 1.82) is 0 Å². The third kappa shape index (κ3) is 2.47. The Morgan fingerprint density at radius 2 is 1.83 bits per heavy atom. The molecule has 2 rings (SSSR count). The fourth-order valence-corrected chi connectivity index (χ4v) is 1.83. The molecule has 1 aromatic heterocycles. The molecule has 0 amide bonds. The van der Waals surface area contributed by atoms with Gasteiger partial charge in [0.05, 0.1) is 13.2 Å². The molecule has 2 aromatic rings. The topological polar surface area (TPSA) is 36.3 Å². The molecule has 0 atom stereocenters. The summed E-state index contributed by atoms with van der Waals surface area (Å²) in [4.78, 5) is 4.33. The molecule has 0 aliphatic carbocycles. The van der Waals surface area contributed by atoms with E-state index in [9.17, 15) is 0 Å². The fourth-order valence-electron chi connectivity index (χ4n) is 1.83. The number of imidazole rings is 1. The van der Waals surface area contributed by atoms with E-state index < -0.39 is 0 Å². The van der Waals surface area contributed by atoms with Gasteiger partial charge in [-0.1, -0.05) is 0 Å². The largest absolute Gasteiger partial charge is 0.490 e. The molecule has 0 fully saturated rings. The number of ether oxygens (including phenoxy) is 2. The van der Waals surface area contributed by atoms with E-state index in [0.29, 0.717) is 13.2 Å². The predicted octanol–water partition coefficient (Wildman–Crippen LogP) is 2.88. The van der Waals surface area contributed by atoms with Gasteiger partial charge in [-0.15, -0.1) is 0 Å². The van der Waals surface area contributed by atoms with Crippen LogP contribution in [0, 0.1) is 0 Å². The highest BCUT2D eigenvalue weighted by Crippen LogP contribution is 2.32. The average molecular weight is 246 g/mol. The average Bonchev–Trinajstić information content (AvgIpc) is 2.78. The van der Waals surface area contributed by atoms with Crippen molar-refractivity contribution < 1.29 is 9.47 Å². The number of benzene rings is 1. The Morgan fingerprint density at radius 1 is 1.11 bits per heavy atom. The van der Waals surface area contributed by atoms with Crippen LogP contribution in [-0.2, 0) is 7.05 Å². The third-order valence-electron chi connectivity index (χ3n) is 2.62. The van der Waals surface area contributed by atoms with Crippen molar-refractivity contribution in [1.82, 2.24) is 9.55 Å². The fraction of sp³-hybridized carbons (Fsp3) is 0.357. The third-order valence-corrected chi connectivity index (χ3v) is 2.62. The second-order valence-corrected chi connectivity index (χ2v) is 3.89. The van der Waals surface area contributed by atoms with E-state index in [1.165, 1.54) is 0 Å². The molecule has 0 unspecified atom stereocenters. The van der Waals surface area contributed by atoms with E-state index in [0.717, 1.165) is 22.9 Å². The van der Waals surface area contributed by atoms with E-state index in [-0.39, 0.29) is 0 Å². The van der Waals surface area contributed by atoms with E-state index in [1.54, 1.807) is 6.20 Å². The second-order valence-electron chi connectivity index (χ2n) is 3.89. The second kappa shape index (κ2) is 5.58. The highest BCUT2D eigenvalue weighted by atomic mass is 16.5. The Balaban J connectivity index is 2.39. The van der Waals surface area contributed by atoms with Crippen LogP contribution in [0.15, 0.2) is 30.6 Å². The van der Waals surface area contributed by atoms with E-state index >= 15 is 0 Å². The maximum absolute atomic E-state index is 5.61. The minimum atomic E-state index is 0.615. The summed E-state index contributed by atoms with van der Waals surface area (Å²) in [5.41, 5.74) is 1.02. The molecule has 0 saturated heterocycles. The van der Waals surface area contributed by atoms with E-state index in [2.05, 4.69) is 4.98 Å². The predicted molar refractivity (Wildman–Crippen MR) is 71.0 cm³/mol. The van der Waals surface area contributed by atoms with Crippen LogP contribution >= 0.6 is 0 Å². The van der Waals surface area contributed by atoms with Gasteiger partial charge in [-0.25, -0.2) is 4.98 Å². The van der Waals surface area contributed by atoms with Gasteiger partial charge in [-0.3, -0.25) is 0 Å².